The number of hydrogen-bond acceptors (Lipinski definition) is 11. The van der Waals surface area contributed by atoms with Crippen molar-refractivity contribution in [2.24, 2.45) is 16.8 Å². The van der Waals surface area contributed by atoms with E-state index in [1.165, 1.54) is 13.3 Å². The second-order valence-corrected chi connectivity index (χ2v) is 16.0. The maximum atomic E-state index is 13.4. The number of imide groups is 2. The Balaban J connectivity index is 0.756. The Morgan fingerprint density at radius 2 is 1.55 bits per heavy atom. The third-order valence-corrected chi connectivity index (χ3v) is 12.7. The molecule has 4 fully saturated rings. The number of hydrogen-bond donors (Lipinski definition) is 1. The largest absolute Gasteiger partial charge is 0.479 e. The Morgan fingerprint density at radius 1 is 0.839 bits per heavy atom. The molecule has 16 heteroatoms. The third-order valence-electron chi connectivity index (χ3n) is 12.7. The zero-order valence-corrected chi connectivity index (χ0v) is 31.7. The Hall–Kier alpha value is -5.38. The molecule has 1 aromatic carbocycles. The van der Waals surface area contributed by atoms with Gasteiger partial charge in [0.1, 0.15) is 6.04 Å². The van der Waals surface area contributed by atoms with Crippen LogP contribution in [0.2, 0.25) is 0 Å². The average molecular weight is 768 g/mol. The minimum atomic E-state index is -0.974. The SMILES string of the molecule is CN1C(=O)CCC(N2C(=O)c3ccc(N4CCC(CC(=O)N5CCC(CN6CCC(n7cc(N8C=CN=CC8C(=O)O)cn7)CC6)CC5)CC4)cc3C2=O)C1=O. The number of likely N-dealkylation sites (N-methyl/N-ethyl adjacent to an activating group) is 1. The van der Waals surface area contributed by atoms with Crippen molar-refractivity contribution in [1.82, 2.24) is 29.4 Å². The molecule has 0 saturated carbocycles. The molecule has 2 atom stereocenters. The Morgan fingerprint density at radius 3 is 2.29 bits per heavy atom. The van der Waals surface area contributed by atoms with Gasteiger partial charge in [0.15, 0.2) is 6.04 Å². The van der Waals surface area contributed by atoms with Crippen molar-refractivity contribution >= 4 is 53.1 Å². The van der Waals surface area contributed by atoms with E-state index in [0.29, 0.717) is 12.3 Å². The van der Waals surface area contributed by atoms with E-state index in [4.69, 9.17) is 0 Å². The molecule has 8 rings (SSSR count). The molecule has 16 nitrogen and oxygen atoms in total. The molecule has 4 saturated heterocycles. The van der Waals surface area contributed by atoms with Crippen LogP contribution in [-0.2, 0) is 19.2 Å². The second-order valence-electron chi connectivity index (χ2n) is 16.0. The zero-order valence-electron chi connectivity index (χ0n) is 31.7. The molecule has 7 heterocycles. The van der Waals surface area contributed by atoms with Crippen LogP contribution in [-0.4, -0.2) is 141 Å². The first-order chi connectivity index (χ1) is 27.0. The summed E-state index contributed by atoms with van der Waals surface area (Å²) in [5, 5.41) is 14.1. The van der Waals surface area contributed by atoms with Gasteiger partial charge < -0.3 is 24.7 Å². The van der Waals surface area contributed by atoms with E-state index < -0.39 is 35.8 Å². The number of rotatable bonds is 9. The number of aliphatic imine (C=N–C) groups is 1. The van der Waals surface area contributed by atoms with Crippen LogP contribution in [0.4, 0.5) is 11.4 Å². The van der Waals surface area contributed by atoms with Crippen LogP contribution < -0.4 is 9.80 Å². The lowest BCUT2D eigenvalue weighted by molar-refractivity contribution is -0.149. The molecule has 2 unspecified atom stereocenters. The summed E-state index contributed by atoms with van der Waals surface area (Å²) < 4.78 is 1.97. The zero-order chi connectivity index (χ0) is 39.1. The first-order valence-electron chi connectivity index (χ1n) is 19.9. The Kier molecular flexibility index (Phi) is 10.5. The lowest BCUT2D eigenvalue weighted by Crippen LogP contribution is -2.54. The van der Waals surface area contributed by atoms with Crippen LogP contribution in [0.15, 0.2) is 48.0 Å². The molecule has 6 aliphatic heterocycles. The molecule has 1 N–H and O–H groups in total. The number of amides is 5. The van der Waals surface area contributed by atoms with Gasteiger partial charge in [0.2, 0.25) is 11.8 Å². The first kappa shape index (κ1) is 37.5. The van der Waals surface area contributed by atoms with Crippen molar-refractivity contribution in [1.29, 1.82) is 0 Å². The van der Waals surface area contributed by atoms with Crippen LogP contribution in [0.1, 0.15) is 84.5 Å². The summed E-state index contributed by atoms with van der Waals surface area (Å²) >= 11 is 0. The molecule has 0 bridgehead atoms. The maximum Gasteiger partial charge on any atom is 0.332 e. The summed E-state index contributed by atoms with van der Waals surface area (Å²) in [4.78, 5) is 90.9. The predicted molar refractivity (Wildman–Crippen MR) is 205 cm³/mol. The number of aliphatic carboxylic acids is 1. The summed E-state index contributed by atoms with van der Waals surface area (Å²) in [5.74, 6) is -1.72. The van der Waals surface area contributed by atoms with Gasteiger partial charge in [-0.3, -0.25) is 43.4 Å². The van der Waals surface area contributed by atoms with E-state index in [-0.39, 0.29) is 47.7 Å². The van der Waals surface area contributed by atoms with Gasteiger partial charge in [0.25, 0.3) is 17.7 Å². The third kappa shape index (κ3) is 7.33. The fourth-order valence-corrected chi connectivity index (χ4v) is 9.23. The van der Waals surface area contributed by atoms with E-state index in [1.54, 1.807) is 35.6 Å². The van der Waals surface area contributed by atoms with Crippen molar-refractivity contribution in [3.63, 3.8) is 0 Å². The number of carboxylic acid groups (broad SMARTS) is 1. The molecule has 0 aliphatic carbocycles. The van der Waals surface area contributed by atoms with Gasteiger partial charge in [-0.2, -0.15) is 5.10 Å². The number of carbonyl (C=O) groups is 6. The molecule has 6 aliphatic rings. The average Bonchev–Trinajstić information content (AvgIpc) is 3.80. The number of nitrogens with zero attached hydrogens (tertiary/aromatic N) is 9. The molecule has 0 spiro atoms. The molecule has 5 amide bonds. The van der Waals surface area contributed by atoms with Crippen LogP contribution in [0.3, 0.4) is 0 Å². The summed E-state index contributed by atoms with van der Waals surface area (Å²) in [7, 11) is 1.38. The number of carbonyl (C=O) groups excluding carboxylic acids is 5. The molecular formula is C40H49N9O7. The van der Waals surface area contributed by atoms with Crippen LogP contribution in [0.5, 0.6) is 0 Å². The fraction of sp³-hybridized carbons (Fsp3) is 0.550. The van der Waals surface area contributed by atoms with Gasteiger partial charge >= 0.3 is 5.97 Å². The summed E-state index contributed by atoms with van der Waals surface area (Å²) in [6.45, 7) is 6.06. The predicted octanol–water partition coefficient (Wildman–Crippen LogP) is 2.62. The maximum absolute atomic E-state index is 13.4. The Bertz CT molecular complexity index is 1950. The Labute approximate surface area is 325 Å². The second kappa shape index (κ2) is 15.6. The highest BCUT2D eigenvalue weighted by Crippen LogP contribution is 2.34. The highest BCUT2D eigenvalue weighted by atomic mass is 16.4. The van der Waals surface area contributed by atoms with E-state index in [0.717, 1.165) is 106 Å². The summed E-state index contributed by atoms with van der Waals surface area (Å²) in [5.41, 5.74) is 2.15. The monoisotopic (exact) mass is 767 g/mol. The van der Waals surface area contributed by atoms with Crippen molar-refractivity contribution in [3.8, 4) is 0 Å². The van der Waals surface area contributed by atoms with Crippen LogP contribution in [0, 0.1) is 11.8 Å². The molecule has 1 aromatic heterocycles. The quantitative estimate of drug-likeness (QED) is 0.372. The van der Waals surface area contributed by atoms with Gasteiger partial charge in [-0.1, -0.05) is 0 Å². The van der Waals surface area contributed by atoms with Gasteiger partial charge in [-0.25, -0.2) is 4.79 Å². The first-order valence-corrected chi connectivity index (χ1v) is 19.9. The fourth-order valence-electron chi connectivity index (χ4n) is 9.23. The molecule has 2 aromatic rings. The topological polar surface area (TPSA) is 172 Å². The molecule has 0 radical (unpaired) electrons. The minimum absolute atomic E-state index is 0.105. The van der Waals surface area contributed by atoms with Gasteiger partial charge in [0, 0.05) is 96.2 Å². The van der Waals surface area contributed by atoms with E-state index >= 15 is 0 Å². The van der Waals surface area contributed by atoms with Crippen LogP contribution >= 0.6 is 0 Å². The molecule has 296 valence electrons. The highest BCUT2D eigenvalue weighted by molar-refractivity contribution is 6.23. The summed E-state index contributed by atoms with van der Waals surface area (Å²) in [6, 6.07) is 3.70. The molecular weight excluding hydrogens is 718 g/mol. The van der Waals surface area contributed by atoms with E-state index in [2.05, 4.69) is 19.9 Å². The number of fused-ring (bicyclic) bond motifs is 1. The minimum Gasteiger partial charge on any atom is -0.479 e. The number of benzene rings is 1. The number of anilines is 2. The van der Waals surface area contributed by atoms with Gasteiger partial charge in [0.05, 0.1) is 29.1 Å². The van der Waals surface area contributed by atoms with Crippen molar-refractivity contribution in [3.05, 3.63) is 54.1 Å². The van der Waals surface area contributed by atoms with E-state index in [9.17, 15) is 33.9 Å². The smallest absolute Gasteiger partial charge is 0.332 e. The van der Waals surface area contributed by atoms with Gasteiger partial charge in [-0.05, 0) is 75.0 Å². The highest BCUT2D eigenvalue weighted by Gasteiger charge is 2.46. The number of aromatic nitrogens is 2. The number of carboxylic acids is 1. The number of piperidine rings is 4. The van der Waals surface area contributed by atoms with Crippen LogP contribution in [0.25, 0.3) is 0 Å². The van der Waals surface area contributed by atoms with Crippen molar-refractivity contribution < 1.29 is 33.9 Å². The number of likely N-dealkylation sites (tertiary alicyclic amines) is 3. The van der Waals surface area contributed by atoms with Gasteiger partial charge in [-0.15, -0.1) is 0 Å². The lowest BCUT2D eigenvalue weighted by Gasteiger charge is -2.38. The van der Waals surface area contributed by atoms with Crippen molar-refractivity contribution in [2.75, 3.05) is 62.7 Å². The lowest BCUT2D eigenvalue weighted by atomic mass is 9.91. The summed E-state index contributed by atoms with van der Waals surface area (Å²) in [6.07, 6.45) is 14.8. The van der Waals surface area contributed by atoms with E-state index in [1.807, 2.05) is 21.8 Å². The normalized spacial score (nSPS) is 24.5. The van der Waals surface area contributed by atoms with Crippen molar-refractivity contribution in [2.45, 2.75) is 75.9 Å². The molecule has 56 heavy (non-hydrogen) atoms. The standard InChI is InChI=1S/C40H49N9O7/c1-43-35(50)5-4-33(39(43)54)49-37(52)31-3-2-29(21-32(31)38(49)53)45-15-6-26(7-16-45)20-36(51)46-17-8-27(9-18-46)24-44-13-10-28(11-14-44)48-25-30(22-42-48)47-19-12-41-23-34(47)40(55)56/h2-3,12,19,21-23,25-28,33-34H,4-11,13-18,20,24H2,1H3,(H,55,56).